The van der Waals surface area contributed by atoms with E-state index in [4.69, 9.17) is 4.74 Å². The Bertz CT molecular complexity index is 607. The molecule has 2 rings (SSSR count). The van der Waals surface area contributed by atoms with Crippen molar-refractivity contribution in [2.75, 3.05) is 7.05 Å². The fourth-order valence-corrected chi connectivity index (χ4v) is 1.46. The molecule has 102 valence electrons. The molecular weight excluding hydrogens is 259 g/mol. The van der Waals surface area contributed by atoms with Gasteiger partial charge in [-0.2, -0.15) is 0 Å². The highest BCUT2D eigenvalue weighted by Gasteiger charge is 2.00. The van der Waals surface area contributed by atoms with Crippen molar-refractivity contribution in [1.29, 1.82) is 0 Å². The van der Waals surface area contributed by atoms with Gasteiger partial charge in [0.05, 0.1) is 5.69 Å². The first-order chi connectivity index (χ1) is 9.67. The monoisotopic (exact) mass is 272 g/mol. The van der Waals surface area contributed by atoms with Crippen molar-refractivity contribution in [2.24, 2.45) is 4.99 Å². The summed E-state index contributed by atoms with van der Waals surface area (Å²) in [6.45, 7) is 0. The van der Waals surface area contributed by atoms with Crippen LogP contribution < -0.4 is 10.1 Å². The van der Waals surface area contributed by atoms with Crippen molar-refractivity contribution >= 4 is 18.0 Å². The van der Waals surface area contributed by atoms with Crippen LogP contribution in [-0.2, 0) is 0 Å². The Hall–Kier alpha value is -2.69. The maximum absolute atomic E-state index is 12.7. The summed E-state index contributed by atoms with van der Waals surface area (Å²) in [7, 11) is 1.49. The largest absolute Gasteiger partial charge is 0.412 e. The summed E-state index contributed by atoms with van der Waals surface area (Å²) in [5.41, 5.74) is 1.51. The summed E-state index contributed by atoms with van der Waals surface area (Å²) in [6.07, 6.45) is 1.13. The molecule has 0 aliphatic carbocycles. The van der Waals surface area contributed by atoms with Crippen molar-refractivity contribution in [1.82, 2.24) is 5.32 Å². The lowest BCUT2D eigenvalue weighted by atomic mass is 10.2. The third-order valence-corrected chi connectivity index (χ3v) is 2.48. The van der Waals surface area contributed by atoms with Crippen LogP contribution in [0.4, 0.5) is 14.9 Å². The molecule has 0 spiro atoms. The zero-order valence-corrected chi connectivity index (χ0v) is 10.8. The van der Waals surface area contributed by atoms with Gasteiger partial charge in [0, 0.05) is 13.3 Å². The summed E-state index contributed by atoms with van der Waals surface area (Å²) in [5.74, 6) is 0.155. The van der Waals surface area contributed by atoms with Crippen LogP contribution >= 0.6 is 0 Å². The number of amides is 1. The minimum absolute atomic E-state index is 0.292. The lowest BCUT2D eigenvalue weighted by molar-refractivity contribution is 0.203. The fourth-order valence-electron chi connectivity index (χ4n) is 1.46. The van der Waals surface area contributed by atoms with Crippen LogP contribution in [0, 0.1) is 5.82 Å². The first-order valence-corrected chi connectivity index (χ1v) is 5.96. The van der Waals surface area contributed by atoms with Gasteiger partial charge in [0.25, 0.3) is 0 Å². The van der Waals surface area contributed by atoms with Crippen molar-refractivity contribution < 1.29 is 13.9 Å². The lowest BCUT2D eigenvalue weighted by Crippen LogP contribution is -2.21. The molecule has 20 heavy (non-hydrogen) atoms. The molecule has 1 amide bonds. The van der Waals surface area contributed by atoms with E-state index >= 15 is 0 Å². The average molecular weight is 272 g/mol. The highest BCUT2D eigenvalue weighted by molar-refractivity contribution is 5.82. The maximum Gasteiger partial charge on any atom is 0.412 e. The third kappa shape index (κ3) is 3.91. The Balaban J connectivity index is 2.03. The Kier molecular flexibility index (Phi) is 4.44. The van der Waals surface area contributed by atoms with E-state index in [1.54, 1.807) is 42.6 Å². The summed E-state index contributed by atoms with van der Waals surface area (Å²) in [4.78, 5) is 15.2. The molecule has 2 aromatic rings. The van der Waals surface area contributed by atoms with Crippen LogP contribution in [-0.4, -0.2) is 19.4 Å². The molecular formula is C15H13FN2O2. The molecule has 0 unspecified atom stereocenters. The number of hydrogen-bond acceptors (Lipinski definition) is 3. The fraction of sp³-hybridized carbons (Fsp3) is 0.0667. The van der Waals surface area contributed by atoms with Crippen LogP contribution in [0.5, 0.6) is 5.75 Å². The molecule has 0 bridgehead atoms. The highest BCUT2D eigenvalue weighted by atomic mass is 19.1. The predicted octanol–water partition coefficient (Wildman–Crippen LogP) is 3.29. The predicted molar refractivity (Wildman–Crippen MR) is 75.2 cm³/mol. The topological polar surface area (TPSA) is 50.7 Å². The molecule has 0 saturated carbocycles. The molecule has 0 aliphatic rings. The summed E-state index contributed by atoms with van der Waals surface area (Å²) >= 11 is 0. The smallest absolute Gasteiger partial charge is 0.410 e. The van der Waals surface area contributed by atoms with Gasteiger partial charge in [0.2, 0.25) is 0 Å². The molecule has 0 aromatic heterocycles. The van der Waals surface area contributed by atoms with E-state index in [-0.39, 0.29) is 5.82 Å². The number of nitrogens with one attached hydrogen (secondary N) is 1. The first-order valence-electron chi connectivity index (χ1n) is 5.96. The molecule has 0 atom stereocenters. The molecule has 5 heteroatoms. The van der Waals surface area contributed by atoms with Crippen LogP contribution in [0.2, 0.25) is 0 Å². The van der Waals surface area contributed by atoms with Crippen molar-refractivity contribution in [3.8, 4) is 5.75 Å². The molecule has 0 radical (unpaired) electrons. The number of carbonyl (C=O) groups excluding carboxylic acids is 1. The number of rotatable bonds is 3. The summed E-state index contributed by atoms with van der Waals surface area (Å²) in [6, 6.07) is 12.8. The van der Waals surface area contributed by atoms with Crippen LogP contribution in [0.1, 0.15) is 5.56 Å². The van der Waals surface area contributed by atoms with Gasteiger partial charge < -0.3 is 10.1 Å². The Morgan fingerprint density at radius 3 is 2.40 bits per heavy atom. The van der Waals surface area contributed by atoms with E-state index < -0.39 is 6.09 Å². The number of carbonyl (C=O) groups is 1. The van der Waals surface area contributed by atoms with Gasteiger partial charge in [-0.15, -0.1) is 0 Å². The van der Waals surface area contributed by atoms with Gasteiger partial charge >= 0.3 is 6.09 Å². The maximum atomic E-state index is 12.7. The molecule has 0 saturated heterocycles. The first kappa shape index (κ1) is 13.7. The van der Waals surface area contributed by atoms with E-state index in [9.17, 15) is 9.18 Å². The zero-order valence-electron chi connectivity index (χ0n) is 10.8. The molecule has 1 N–H and O–H groups in total. The molecule has 4 nitrogen and oxygen atoms in total. The molecule has 2 aromatic carbocycles. The second-order valence-electron chi connectivity index (χ2n) is 3.94. The van der Waals surface area contributed by atoms with Gasteiger partial charge in [-0.3, -0.25) is 4.99 Å². The Labute approximate surface area is 115 Å². The standard InChI is InChI=1S/C15H13FN2O2/c1-17-15(19)20-14-8-2-11(3-9-14)10-18-13-6-4-12(16)5-7-13/h2-10H,1H3,(H,17,19). The van der Waals surface area contributed by atoms with Crippen molar-refractivity contribution in [3.05, 3.63) is 59.9 Å². The third-order valence-electron chi connectivity index (χ3n) is 2.48. The Morgan fingerprint density at radius 2 is 1.80 bits per heavy atom. The van der Waals surface area contributed by atoms with E-state index in [0.29, 0.717) is 11.4 Å². The van der Waals surface area contributed by atoms with E-state index in [0.717, 1.165) is 5.56 Å². The van der Waals surface area contributed by atoms with E-state index in [2.05, 4.69) is 10.3 Å². The highest BCUT2D eigenvalue weighted by Crippen LogP contribution is 2.14. The van der Waals surface area contributed by atoms with E-state index in [1.807, 2.05) is 0 Å². The second kappa shape index (κ2) is 6.47. The van der Waals surface area contributed by atoms with Crippen LogP contribution in [0.3, 0.4) is 0 Å². The van der Waals surface area contributed by atoms with Gasteiger partial charge in [-0.05, 0) is 54.1 Å². The van der Waals surface area contributed by atoms with Gasteiger partial charge in [0.15, 0.2) is 0 Å². The lowest BCUT2D eigenvalue weighted by Gasteiger charge is -2.02. The SMILES string of the molecule is CNC(=O)Oc1ccc(C=Nc2ccc(F)cc2)cc1. The molecule has 0 heterocycles. The van der Waals surface area contributed by atoms with E-state index in [1.165, 1.54) is 19.2 Å². The normalized spacial score (nSPS) is 10.5. The number of hydrogen-bond donors (Lipinski definition) is 1. The number of ether oxygens (including phenoxy) is 1. The number of nitrogens with zero attached hydrogens (tertiary/aromatic N) is 1. The van der Waals surface area contributed by atoms with Gasteiger partial charge in [-0.25, -0.2) is 9.18 Å². The Morgan fingerprint density at radius 1 is 1.15 bits per heavy atom. The van der Waals surface area contributed by atoms with Crippen molar-refractivity contribution in [2.45, 2.75) is 0 Å². The van der Waals surface area contributed by atoms with Crippen molar-refractivity contribution in [3.63, 3.8) is 0 Å². The van der Waals surface area contributed by atoms with Crippen LogP contribution in [0.15, 0.2) is 53.5 Å². The minimum Gasteiger partial charge on any atom is -0.410 e. The molecule has 0 fully saturated rings. The van der Waals surface area contributed by atoms with Gasteiger partial charge in [0.1, 0.15) is 11.6 Å². The second-order valence-corrected chi connectivity index (χ2v) is 3.94. The quantitative estimate of drug-likeness (QED) is 0.872. The number of aliphatic imine (C=N–C) groups is 1. The number of halogens is 1. The number of benzene rings is 2. The summed E-state index contributed by atoms with van der Waals surface area (Å²) < 4.78 is 17.7. The van der Waals surface area contributed by atoms with Crippen LogP contribution in [0.25, 0.3) is 0 Å². The zero-order chi connectivity index (χ0) is 14.4. The van der Waals surface area contributed by atoms with Gasteiger partial charge in [-0.1, -0.05) is 0 Å². The summed E-state index contributed by atoms with van der Waals surface area (Å²) in [5, 5.41) is 2.36. The minimum atomic E-state index is -0.516. The molecule has 0 aliphatic heterocycles. The average Bonchev–Trinajstić information content (AvgIpc) is 2.48.